The molecule has 1 saturated carbocycles. The average Bonchev–Trinajstić information content (AvgIpc) is 2.13. The van der Waals surface area contributed by atoms with E-state index in [1.54, 1.807) is 13.8 Å². The molecule has 0 aromatic heterocycles. The van der Waals surface area contributed by atoms with E-state index in [0.717, 1.165) is 0 Å². The Hall–Kier alpha value is -1.26. The molecule has 0 saturated heterocycles. The standard InChI is InChI=1S/C13H24N2O3/c1-9(10-5-4-6-10)15-12(18)14-8-7-13(2,3)11(16)17/h9-10H,4-8H2,1-3H3,(H,16,17)(H2,14,15,18). The molecule has 2 amide bonds. The first-order valence-corrected chi connectivity index (χ1v) is 6.60. The Kier molecular flexibility index (Phi) is 4.99. The molecule has 0 heterocycles. The lowest BCUT2D eigenvalue weighted by molar-refractivity contribution is -0.147. The van der Waals surface area contributed by atoms with Crippen LogP contribution in [-0.2, 0) is 4.79 Å². The minimum Gasteiger partial charge on any atom is -0.481 e. The van der Waals surface area contributed by atoms with Gasteiger partial charge in [0, 0.05) is 12.6 Å². The molecule has 3 N–H and O–H groups in total. The van der Waals surface area contributed by atoms with Crippen molar-refractivity contribution < 1.29 is 14.7 Å². The van der Waals surface area contributed by atoms with Crippen LogP contribution in [0.25, 0.3) is 0 Å². The molecule has 1 unspecified atom stereocenters. The molecule has 0 aromatic rings. The fraction of sp³-hybridized carbons (Fsp3) is 0.846. The van der Waals surface area contributed by atoms with Gasteiger partial charge in [0.1, 0.15) is 0 Å². The summed E-state index contributed by atoms with van der Waals surface area (Å²) in [6.45, 7) is 5.71. The summed E-state index contributed by atoms with van der Waals surface area (Å²) in [6.07, 6.45) is 4.06. The number of amides is 2. The molecule has 0 spiro atoms. The van der Waals surface area contributed by atoms with Crippen molar-refractivity contribution in [1.82, 2.24) is 10.6 Å². The van der Waals surface area contributed by atoms with E-state index < -0.39 is 11.4 Å². The topological polar surface area (TPSA) is 78.4 Å². The van der Waals surface area contributed by atoms with E-state index in [4.69, 9.17) is 5.11 Å². The first-order valence-electron chi connectivity index (χ1n) is 6.60. The second-order valence-corrected chi connectivity index (χ2v) is 5.82. The van der Waals surface area contributed by atoms with E-state index in [1.165, 1.54) is 19.3 Å². The van der Waals surface area contributed by atoms with Gasteiger partial charge in [-0.2, -0.15) is 0 Å². The fourth-order valence-corrected chi connectivity index (χ4v) is 1.91. The van der Waals surface area contributed by atoms with Crippen LogP contribution in [0.4, 0.5) is 4.79 Å². The number of aliphatic carboxylic acids is 1. The van der Waals surface area contributed by atoms with E-state index in [2.05, 4.69) is 10.6 Å². The summed E-state index contributed by atoms with van der Waals surface area (Å²) in [5.74, 6) is -0.237. The minimum atomic E-state index is -0.840. The fourth-order valence-electron chi connectivity index (χ4n) is 1.91. The zero-order valence-electron chi connectivity index (χ0n) is 11.5. The van der Waals surface area contributed by atoms with Crippen molar-refractivity contribution in [2.75, 3.05) is 6.54 Å². The molecule has 104 valence electrons. The molecule has 1 aliphatic rings. The van der Waals surface area contributed by atoms with Crippen LogP contribution < -0.4 is 10.6 Å². The van der Waals surface area contributed by atoms with Crippen LogP contribution in [0, 0.1) is 11.3 Å². The Balaban J connectivity index is 2.18. The smallest absolute Gasteiger partial charge is 0.315 e. The summed E-state index contributed by atoms with van der Waals surface area (Å²) >= 11 is 0. The van der Waals surface area contributed by atoms with E-state index >= 15 is 0 Å². The number of hydrogen-bond donors (Lipinski definition) is 3. The first-order chi connectivity index (χ1) is 8.33. The third kappa shape index (κ3) is 4.20. The van der Waals surface area contributed by atoms with E-state index in [9.17, 15) is 9.59 Å². The van der Waals surface area contributed by atoms with Gasteiger partial charge in [-0.1, -0.05) is 6.42 Å². The predicted octanol–water partition coefficient (Wildman–Crippen LogP) is 1.98. The monoisotopic (exact) mass is 256 g/mol. The lowest BCUT2D eigenvalue weighted by Gasteiger charge is -2.31. The van der Waals surface area contributed by atoms with Crippen molar-refractivity contribution in [2.24, 2.45) is 11.3 Å². The molecule has 1 rings (SSSR count). The number of nitrogens with one attached hydrogen (secondary N) is 2. The normalized spacial score (nSPS) is 17.7. The molecule has 1 aliphatic carbocycles. The number of carboxylic acids is 1. The van der Waals surface area contributed by atoms with Gasteiger partial charge in [-0.25, -0.2) is 4.79 Å². The number of rotatable bonds is 6. The highest BCUT2D eigenvalue weighted by molar-refractivity contribution is 5.75. The zero-order valence-corrected chi connectivity index (χ0v) is 11.5. The molecule has 5 heteroatoms. The molecule has 5 nitrogen and oxygen atoms in total. The van der Waals surface area contributed by atoms with Crippen LogP contribution in [0.2, 0.25) is 0 Å². The van der Waals surface area contributed by atoms with Crippen molar-refractivity contribution in [2.45, 2.75) is 52.5 Å². The summed E-state index contributed by atoms with van der Waals surface area (Å²) in [7, 11) is 0. The van der Waals surface area contributed by atoms with Gasteiger partial charge in [0.25, 0.3) is 0 Å². The van der Waals surface area contributed by atoms with Gasteiger partial charge < -0.3 is 15.7 Å². The second-order valence-electron chi connectivity index (χ2n) is 5.82. The molecular weight excluding hydrogens is 232 g/mol. The van der Waals surface area contributed by atoms with Crippen LogP contribution in [0.15, 0.2) is 0 Å². The van der Waals surface area contributed by atoms with Crippen molar-refractivity contribution in [3.05, 3.63) is 0 Å². The molecule has 1 atom stereocenters. The number of hydrogen-bond acceptors (Lipinski definition) is 2. The van der Waals surface area contributed by atoms with Gasteiger partial charge in [0.2, 0.25) is 0 Å². The van der Waals surface area contributed by atoms with Crippen LogP contribution in [0.5, 0.6) is 0 Å². The number of carbonyl (C=O) groups excluding carboxylic acids is 1. The summed E-state index contributed by atoms with van der Waals surface area (Å²) in [5.41, 5.74) is -0.799. The number of urea groups is 1. The van der Waals surface area contributed by atoms with Crippen LogP contribution >= 0.6 is 0 Å². The second kappa shape index (κ2) is 6.07. The molecule has 0 aliphatic heterocycles. The SMILES string of the molecule is CC(NC(=O)NCCC(C)(C)C(=O)O)C1CCC1. The van der Waals surface area contributed by atoms with Gasteiger partial charge >= 0.3 is 12.0 Å². The highest BCUT2D eigenvalue weighted by Gasteiger charge is 2.27. The summed E-state index contributed by atoms with van der Waals surface area (Å²) < 4.78 is 0. The van der Waals surface area contributed by atoms with Crippen LogP contribution in [0.3, 0.4) is 0 Å². The molecule has 0 radical (unpaired) electrons. The Bertz CT molecular complexity index is 311. The maximum Gasteiger partial charge on any atom is 0.315 e. The van der Waals surface area contributed by atoms with Crippen molar-refractivity contribution in [1.29, 1.82) is 0 Å². The van der Waals surface area contributed by atoms with Crippen molar-refractivity contribution in [3.8, 4) is 0 Å². The predicted molar refractivity (Wildman–Crippen MR) is 69.4 cm³/mol. The quantitative estimate of drug-likeness (QED) is 0.680. The first kappa shape index (κ1) is 14.8. The van der Waals surface area contributed by atoms with E-state index in [0.29, 0.717) is 18.9 Å². The average molecular weight is 256 g/mol. The van der Waals surface area contributed by atoms with Gasteiger partial charge in [-0.3, -0.25) is 4.79 Å². The molecule has 18 heavy (non-hydrogen) atoms. The summed E-state index contributed by atoms with van der Waals surface area (Å²) in [4.78, 5) is 22.5. The molecule has 0 bridgehead atoms. The molecule has 0 aromatic carbocycles. The summed E-state index contributed by atoms with van der Waals surface area (Å²) in [6, 6.07) is 0.00169. The van der Waals surface area contributed by atoms with Gasteiger partial charge in [-0.05, 0) is 46.0 Å². The Morgan fingerprint density at radius 1 is 1.39 bits per heavy atom. The zero-order chi connectivity index (χ0) is 13.8. The third-order valence-corrected chi connectivity index (χ3v) is 3.83. The van der Waals surface area contributed by atoms with Gasteiger partial charge in [0.05, 0.1) is 5.41 Å². The molecule has 1 fully saturated rings. The van der Waals surface area contributed by atoms with E-state index in [1.807, 2.05) is 6.92 Å². The lowest BCUT2D eigenvalue weighted by Crippen LogP contribution is -2.46. The Labute approximate surface area is 108 Å². The molecular formula is C13H24N2O3. The summed E-state index contributed by atoms with van der Waals surface area (Å²) in [5, 5.41) is 14.5. The lowest BCUT2D eigenvalue weighted by atomic mass is 9.80. The Morgan fingerprint density at radius 2 is 2.00 bits per heavy atom. The van der Waals surface area contributed by atoms with Crippen LogP contribution in [-0.4, -0.2) is 29.7 Å². The van der Waals surface area contributed by atoms with Crippen LogP contribution in [0.1, 0.15) is 46.5 Å². The van der Waals surface area contributed by atoms with Crippen molar-refractivity contribution >= 4 is 12.0 Å². The minimum absolute atomic E-state index is 0.199. The third-order valence-electron chi connectivity index (χ3n) is 3.83. The maximum atomic E-state index is 11.6. The number of carbonyl (C=O) groups is 2. The largest absolute Gasteiger partial charge is 0.481 e. The van der Waals surface area contributed by atoms with Crippen molar-refractivity contribution in [3.63, 3.8) is 0 Å². The van der Waals surface area contributed by atoms with E-state index in [-0.39, 0.29) is 12.1 Å². The Morgan fingerprint density at radius 3 is 2.44 bits per heavy atom. The highest BCUT2D eigenvalue weighted by atomic mass is 16.4. The van der Waals surface area contributed by atoms with Gasteiger partial charge in [0.15, 0.2) is 0 Å². The number of carboxylic acid groups (broad SMARTS) is 1. The maximum absolute atomic E-state index is 11.6. The highest BCUT2D eigenvalue weighted by Crippen LogP contribution is 2.29. The van der Waals surface area contributed by atoms with Gasteiger partial charge in [-0.15, -0.1) is 0 Å².